The number of fused-ring (bicyclic) bond motifs is 1. The predicted molar refractivity (Wildman–Crippen MR) is 58.0 cm³/mol. The third kappa shape index (κ3) is 1.53. The molecule has 0 N–H and O–H groups in total. The Bertz CT molecular complexity index is 477. The van der Waals surface area contributed by atoms with Crippen LogP contribution < -0.4 is 4.74 Å². The van der Waals surface area contributed by atoms with E-state index in [9.17, 15) is 0 Å². The van der Waals surface area contributed by atoms with E-state index in [1.165, 1.54) is 0 Å². The van der Waals surface area contributed by atoms with E-state index in [1.807, 2.05) is 25.1 Å². The molecule has 0 aliphatic rings. The lowest BCUT2D eigenvalue weighted by Crippen LogP contribution is -1.88. The predicted octanol–water partition coefficient (Wildman–Crippen LogP) is 3.21. The lowest BCUT2D eigenvalue weighted by Gasteiger charge is -2.06. The number of aromatic nitrogens is 1. The van der Waals surface area contributed by atoms with Gasteiger partial charge >= 0.3 is 0 Å². The molecule has 0 aliphatic heterocycles. The molecule has 0 aliphatic carbocycles. The largest absolute Gasteiger partial charge is 0.494 e. The van der Waals surface area contributed by atoms with Gasteiger partial charge in [-0.05, 0) is 30.7 Å². The van der Waals surface area contributed by atoms with Crippen molar-refractivity contribution < 1.29 is 4.74 Å². The Labute approximate surface area is 87.5 Å². The van der Waals surface area contributed by atoms with E-state index in [0.717, 1.165) is 22.2 Å². The molecule has 72 valence electrons. The van der Waals surface area contributed by atoms with Crippen LogP contribution in [0.1, 0.15) is 5.56 Å². The minimum atomic E-state index is 0.644. The van der Waals surface area contributed by atoms with Gasteiger partial charge in [0.1, 0.15) is 11.3 Å². The van der Waals surface area contributed by atoms with Gasteiger partial charge in [0.15, 0.2) is 0 Å². The second-order valence-electron chi connectivity index (χ2n) is 3.19. The highest BCUT2D eigenvalue weighted by molar-refractivity contribution is 6.31. The molecule has 1 aromatic carbocycles. The molecule has 0 spiro atoms. The molecule has 14 heavy (non-hydrogen) atoms. The summed E-state index contributed by atoms with van der Waals surface area (Å²) in [5, 5.41) is 1.65. The Morgan fingerprint density at radius 1 is 1.29 bits per heavy atom. The number of pyridine rings is 1. The van der Waals surface area contributed by atoms with Gasteiger partial charge in [0.25, 0.3) is 0 Å². The van der Waals surface area contributed by atoms with Gasteiger partial charge in [0, 0.05) is 11.6 Å². The number of methoxy groups -OCH3 is 1. The molecule has 2 rings (SSSR count). The smallest absolute Gasteiger partial charge is 0.145 e. The van der Waals surface area contributed by atoms with Gasteiger partial charge in [-0.1, -0.05) is 11.6 Å². The van der Waals surface area contributed by atoms with Gasteiger partial charge in [-0.25, -0.2) is 0 Å². The van der Waals surface area contributed by atoms with Gasteiger partial charge < -0.3 is 4.74 Å². The molecule has 0 atom stereocenters. The molecule has 0 amide bonds. The lowest BCUT2D eigenvalue weighted by atomic mass is 10.1. The molecular formula is C11H10ClNO. The lowest BCUT2D eigenvalue weighted by molar-refractivity contribution is 0.418. The number of hydrogen-bond acceptors (Lipinski definition) is 2. The molecule has 1 aromatic heterocycles. The van der Waals surface area contributed by atoms with Gasteiger partial charge in [-0.3, -0.25) is 4.98 Å². The second kappa shape index (κ2) is 3.46. The number of nitrogens with zero attached hydrogens (tertiary/aromatic N) is 1. The Morgan fingerprint density at radius 3 is 2.79 bits per heavy atom. The number of ether oxygens (including phenoxy) is 1. The van der Waals surface area contributed by atoms with E-state index in [0.29, 0.717) is 5.02 Å². The first-order valence-corrected chi connectivity index (χ1v) is 4.68. The maximum absolute atomic E-state index is 5.86. The number of halogens is 1. The number of benzene rings is 1. The van der Waals surface area contributed by atoms with Crippen LogP contribution in [0.5, 0.6) is 5.75 Å². The zero-order chi connectivity index (χ0) is 10.1. The molecule has 0 radical (unpaired) electrons. The van der Waals surface area contributed by atoms with E-state index >= 15 is 0 Å². The summed E-state index contributed by atoms with van der Waals surface area (Å²) in [6.07, 6.45) is 1.63. The fraction of sp³-hybridized carbons (Fsp3) is 0.182. The van der Waals surface area contributed by atoms with Crippen LogP contribution in [0, 0.1) is 6.92 Å². The van der Waals surface area contributed by atoms with Crippen molar-refractivity contribution in [1.29, 1.82) is 0 Å². The maximum Gasteiger partial charge on any atom is 0.145 e. The van der Waals surface area contributed by atoms with Crippen molar-refractivity contribution in [3.8, 4) is 5.75 Å². The minimum absolute atomic E-state index is 0.644. The molecule has 0 fully saturated rings. The standard InChI is InChI=1S/C11H10ClNO/c1-7-3-8-5-9(12)6-13-11(8)10(4-7)14-2/h3-6H,1-2H3. The van der Waals surface area contributed by atoms with Crippen molar-refractivity contribution in [2.24, 2.45) is 0 Å². The number of hydrogen-bond donors (Lipinski definition) is 0. The summed E-state index contributed by atoms with van der Waals surface area (Å²) in [7, 11) is 1.64. The molecule has 0 bridgehead atoms. The zero-order valence-corrected chi connectivity index (χ0v) is 8.80. The molecule has 1 heterocycles. The average Bonchev–Trinajstić information content (AvgIpc) is 2.15. The van der Waals surface area contributed by atoms with Crippen LogP contribution in [0.2, 0.25) is 5.02 Å². The van der Waals surface area contributed by atoms with Crippen molar-refractivity contribution in [3.63, 3.8) is 0 Å². The minimum Gasteiger partial charge on any atom is -0.494 e. The van der Waals surface area contributed by atoms with E-state index in [1.54, 1.807) is 13.3 Å². The average molecular weight is 208 g/mol. The monoisotopic (exact) mass is 207 g/mol. The Balaban J connectivity index is 2.81. The molecule has 2 aromatic rings. The second-order valence-corrected chi connectivity index (χ2v) is 3.63. The van der Waals surface area contributed by atoms with Crippen LogP contribution in [0.4, 0.5) is 0 Å². The van der Waals surface area contributed by atoms with Gasteiger partial charge in [0.2, 0.25) is 0 Å². The van der Waals surface area contributed by atoms with Crippen LogP contribution in [0.25, 0.3) is 10.9 Å². The van der Waals surface area contributed by atoms with E-state index in [-0.39, 0.29) is 0 Å². The SMILES string of the molecule is COc1cc(C)cc2cc(Cl)cnc12. The quantitative estimate of drug-likeness (QED) is 0.717. The highest BCUT2D eigenvalue weighted by Gasteiger charge is 2.04. The summed E-state index contributed by atoms with van der Waals surface area (Å²) in [5.41, 5.74) is 1.99. The Hall–Kier alpha value is -1.28. The van der Waals surface area contributed by atoms with Gasteiger partial charge in [-0.2, -0.15) is 0 Å². The van der Waals surface area contributed by atoms with Crippen molar-refractivity contribution >= 4 is 22.5 Å². The molecular weight excluding hydrogens is 198 g/mol. The fourth-order valence-corrected chi connectivity index (χ4v) is 1.65. The summed E-state index contributed by atoms with van der Waals surface area (Å²) in [4.78, 5) is 4.24. The Kier molecular flexibility index (Phi) is 2.30. The summed E-state index contributed by atoms with van der Waals surface area (Å²) in [5.74, 6) is 0.789. The van der Waals surface area contributed by atoms with E-state index < -0.39 is 0 Å². The normalized spacial score (nSPS) is 10.5. The molecule has 3 heteroatoms. The summed E-state index contributed by atoms with van der Waals surface area (Å²) in [6.45, 7) is 2.02. The topological polar surface area (TPSA) is 22.1 Å². The third-order valence-electron chi connectivity index (χ3n) is 2.08. The van der Waals surface area contributed by atoms with E-state index in [2.05, 4.69) is 4.98 Å². The van der Waals surface area contributed by atoms with Gasteiger partial charge in [-0.15, -0.1) is 0 Å². The fourth-order valence-electron chi connectivity index (χ4n) is 1.49. The summed E-state index contributed by atoms with van der Waals surface area (Å²) < 4.78 is 5.24. The highest BCUT2D eigenvalue weighted by Crippen LogP contribution is 2.26. The molecule has 2 nitrogen and oxygen atoms in total. The van der Waals surface area contributed by atoms with Crippen LogP contribution in [0.15, 0.2) is 24.4 Å². The van der Waals surface area contributed by atoms with Crippen molar-refractivity contribution in [2.75, 3.05) is 7.11 Å². The van der Waals surface area contributed by atoms with Crippen LogP contribution in [-0.4, -0.2) is 12.1 Å². The van der Waals surface area contributed by atoms with Gasteiger partial charge in [0.05, 0.1) is 12.1 Å². The van der Waals surface area contributed by atoms with Crippen molar-refractivity contribution in [3.05, 3.63) is 35.0 Å². The van der Waals surface area contributed by atoms with E-state index in [4.69, 9.17) is 16.3 Å². The third-order valence-corrected chi connectivity index (χ3v) is 2.29. The molecule has 0 unspecified atom stereocenters. The number of rotatable bonds is 1. The first-order valence-electron chi connectivity index (χ1n) is 4.30. The summed E-state index contributed by atoms with van der Waals surface area (Å²) in [6, 6.07) is 5.89. The first-order chi connectivity index (χ1) is 6.70. The van der Waals surface area contributed by atoms with Crippen LogP contribution in [0.3, 0.4) is 0 Å². The van der Waals surface area contributed by atoms with Crippen molar-refractivity contribution in [2.45, 2.75) is 6.92 Å². The maximum atomic E-state index is 5.86. The summed E-state index contributed by atoms with van der Waals surface area (Å²) >= 11 is 5.86. The van der Waals surface area contributed by atoms with Crippen molar-refractivity contribution in [1.82, 2.24) is 4.98 Å². The first kappa shape index (κ1) is 9.28. The number of aryl methyl sites for hydroxylation is 1. The Morgan fingerprint density at radius 2 is 2.07 bits per heavy atom. The zero-order valence-electron chi connectivity index (χ0n) is 8.04. The molecule has 0 saturated heterocycles. The van der Waals surface area contributed by atoms with Crippen LogP contribution >= 0.6 is 11.6 Å². The van der Waals surface area contributed by atoms with Crippen LogP contribution in [-0.2, 0) is 0 Å². The highest BCUT2D eigenvalue weighted by atomic mass is 35.5. The molecule has 0 saturated carbocycles.